The van der Waals surface area contributed by atoms with Crippen molar-refractivity contribution in [3.8, 4) is 0 Å². The second-order valence-electron chi connectivity index (χ2n) is 7.18. The lowest BCUT2D eigenvalue weighted by molar-refractivity contribution is -0.121. The fourth-order valence-electron chi connectivity index (χ4n) is 2.94. The zero-order valence-corrected chi connectivity index (χ0v) is 16.3. The zero-order valence-electron chi connectivity index (χ0n) is 16.3. The summed E-state index contributed by atoms with van der Waals surface area (Å²) in [5.74, 6) is 0.118. The Hall–Kier alpha value is -2.97. The Balaban J connectivity index is 1.67. The van der Waals surface area contributed by atoms with Gasteiger partial charge in [0.2, 0.25) is 5.91 Å². The first kappa shape index (κ1) is 20.8. The summed E-state index contributed by atoms with van der Waals surface area (Å²) in [6.07, 6.45) is -1.27. The topological polar surface area (TPSA) is 72.7 Å². The molecule has 6 nitrogen and oxygen atoms in total. The first-order valence-electron chi connectivity index (χ1n) is 9.25. The van der Waals surface area contributed by atoms with Crippen molar-refractivity contribution in [2.45, 2.75) is 51.9 Å². The largest absolute Gasteiger partial charge is 0.348 e. The summed E-state index contributed by atoms with van der Waals surface area (Å²) in [6, 6.07) is 4.96. The number of amides is 1. The van der Waals surface area contributed by atoms with Gasteiger partial charge in [-0.15, -0.1) is 0 Å². The van der Waals surface area contributed by atoms with E-state index in [9.17, 15) is 18.0 Å². The maximum Gasteiger partial charge on any atom is 0.289 e. The van der Waals surface area contributed by atoms with E-state index in [1.165, 1.54) is 12.4 Å². The Kier molecular flexibility index (Phi) is 6.14. The van der Waals surface area contributed by atoms with E-state index in [0.29, 0.717) is 21.7 Å². The predicted molar refractivity (Wildman–Crippen MR) is 102 cm³/mol. The molecule has 2 atom stereocenters. The number of alkyl halides is 3. The van der Waals surface area contributed by atoms with Crippen molar-refractivity contribution in [3.63, 3.8) is 0 Å². The molecule has 9 heteroatoms. The number of hydrogen-bond donors (Lipinski definition) is 1. The van der Waals surface area contributed by atoms with E-state index in [1.807, 2.05) is 26.0 Å². The molecular formula is C20H22F3N5O. The zero-order chi connectivity index (χ0) is 21.1. The summed E-state index contributed by atoms with van der Waals surface area (Å²) in [7, 11) is 0. The third-order valence-corrected chi connectivity index (χ3v) is 4.57. The van der Waals surface area contributed by atoms with Crippen LogP contribution in [0.4, 0.5) is 13.2 Å². The fraction of sp³-hybridized carbons (Fsp3) is 0.400. The van der Waals surface area contributed by atoms with Gasteiger partial charge in [-0.2, -0.15) is 5.10 Å². The lowest BCUT2D eigenvalue weighted by atomic mass is 10.1. The Labute approximate surface area is 166 Å². The van der Waals surface area contributed by atoms with Crippen LogP contribution in [0, 0.1) is 0 Å². The first-order valence-corrected chi connectivity index (χ1v) is 9.25. The van der Waals surface area contributed by atoms with Gasteiger partial charge < -0.3 is 5.32 Å². The van der Waals surface area contributed by atoms with Gasteiger partial charge in [-0.25, -0.2) is 17.9 Å². The van der Waals surface area contributed by atoms with Gasteiger partial charge in [0.25, 0.3) is 12.7 Å². The summed E-state index contributed by atoms with van der Waals surface area (Å²) >= 11 is 0. The Morgan fingerprint density at radius 3 is 2.41 bits per heavy atom. The predicted octanol–water partition coefficient (Wildman–Crippen LogP) is 4.10. The number of halogens is 3. The Morgan fingerprint density at radius 2 is 1.79 bits per heavy atom. The maximum atomic E-state index is 13.6. The molecule has 2 unspecified atom stereocenters. The second kappa shape index (κ2) is 8.59. The van der Waals surface area contributed by atoms with E-state index in [-0.39, 0.29) is 17.8 Å². The number of hydrogen-bond acceptors (Lipinski definition) is 4. The van der Waals surface area contributed by atoms with Crippen molar-refractivity contribution in [3.05, 3.63) is 53.7 Å². The summed E-state index contributed by atoms with van der Waals surface area (Å²) in [6.45, 7) is 5.85. The average molecular weight is 405 g/mol. The molecule has 154 valence electrons. The number of aromatic nitrogens is 4. The third-order valence-electron chi connectivity index (χ3n) is 4.57. The quantitative estimate of drug-likeness (QED) is 0.642. The van der Waals surface area contributed by atoms with Gasteiger partial charge in [-0.3, -0.25) is 14.8 Å². The highest BCUT2D eigenvalue weighted by Gasteiger charge is 2.24. The second-order valence-corrected chi connectivity index (χ2v) is 7.18. The molecule has 3 aromatic heterocycles. The van der Waals surface area contributed by atoms with Crippen molar-refractivity contribution < 1.29 is 18.0 Å². The molecule has 0 fully saturated rings. The molecule has 0 radical (unpaired) electrons. The lowest BCUT2D eigenvalue weighted by Crippen LogP contribution is -2.28. The molecular weight excluding hydrogens is 383 g/mol. The highest BCUT2D eigenvalue weighted by molar-refractivity contribution is 5.80. The lowest BCUT2D eigenvalue weighted by Gasteiger charge is -2.14. The van der Waals surface area contributed by atoms with Crippen LogP contribution in [0.5, 0.6) is 0 Å². The van der Waals surface area contributed by atoms with Gasteiger partial charge in [-0.05, 0) is 30.5 Å². The molecule has 0 aliphatic heterocycles. The van der Waals surface area contributed by atoms with Gasteiger partial charge in [0.15, 0.2) is 0 Å². The molecule has 0 aliphatic carbocycles. The first-order chi connectivity index (χ1) is 13.8. The van der Waals surface area contributed by atoms with E-state index >= 15 is 0 Å². The minimum atomic E-state index is -3.18. The van der Waals surface area contributed by atoms with E-state index in [1.54, 1.807) is 19.2 Å². The van der Waals surface area contributed by atoms with Crippen LogP contribution in [0.3, 0.4) is 0 Å². The third kappa shape index (κ3) is 4.72. The highest BCUT2D eigenvalue weighted by atomic mass is 19.3. The summed E-state index contributed by atoms with van der Waals surface area (Å²) in [5.41, 5.74) is 2.44. The van der Waals surface area contributed by atoms with Crippen molar-refractivity contribution >= 4 is 16.8 Å². The van der Waals surface area contributed by atoms with Crippen LogP contribution in [-0.2, 0) is 11.2 Å². The Bertz CT molecular complexity index is 987. The molecule has 0 saturated heterocycles. The molecule has 3 heterocycles. The minimum Gasteiger partial charge on any atom is -0.348 e. The monoisotopic (exact) mass is 405 g/mol. The summed E-state index contributed by atoms with van der Waals surface area (Å²) < 4.78 is 39.4. The van der Waals surface area contributed by atoms with Gasteiger partial charge in [0, 0.05) is 17.3 Å². The standard InChI is InChI=1S/C20H22F3N5O/c1-11(2)15-5-4-13(8-24-15)6-18(29)27-12(3)16-7-14-9-26-28(17(14)10-25-16)20(23)19(21)22/h4-5,7-12,19-20H,6H2,1-3H3,(H,27,29). The molecule has 0 aliphatic rings. The fourth-order valence-corrected chi connectivity index (χ4v) is 2.94. The van der Waals surface area contributed by atoms with Crippen LogP contribution < -0.4 is 5.32 Å². The van der Waals surface area contributed by atoms with Crippen LogP contribution in [0.15, 0.2) is 36.8 Å². The number of nitrogens with zero attached hydrogens (tertiary/aromatic N) is 4. The molecule has 1 amide bonds. The molecule has 29 heavy (non-hydrogen) atoms. The number of fused-ring (bicyclic) bond motifs is 1. The summed E-state index contributed by atoms with van der Waals surface area (Å²) in [5, 5.41) is 6.99. The van der Waals surface area contributed by atoms with Crippen LogP contribution in [0.25, 0.3) is 10.9 Å². The molecule has 1 N–H and O–H groups in total. The molecule has 3 aromatic rings. The average Bonchev–Trinajstić information content (AvgIpc) is 3.10. The van der Waals surface area contributed by atoms with E-state index in [0.717, 1.165) is 11.3 Å². The SMILES string of the molecule is CC(C)c1ccc(CC(=O)NC(C)c2cc3cnn(C(F)C(F)F)c3cn2)cn1. The highest BCUT2D eigenvalue weighted by Crippen LogP contribution is 2.24. The molecule has 0 aromatic carbocycles. The summed E-state index contributed by atoms with van der Waals surface area (Å²) in [4.78, 5) is 20.8. The molecule has 3 rings (SSSR count). The molecule has 0 saturated carbocycles. The van der Waals surface area contributed by atoms with Crippen molar-refractivity contribution in [2.75, 3.05) is 0 Å². The van der Waals surface area contributed by atoms with E-state index < -0.39 is 18.8 Å². The number of rotatable bonds is 7. The van der Waals surface area contributed by atoms with Crippen LogP contribution in [0.1, 0.15) is 56.0 Å². The maximum absolute atomic E-state index is 13.6. The number of carbonyl (C=O) groups is 1. The van der Waals surface area contributed by atoms with Crippen molar-refractivity contribution in [1.29, 1.82) is 0 Å². The van der Waals surface area contributed by atoms with Crippen LogP contribution in [-0.4, -0.2) is 32.1 Å². The van der Waals surface area contributed by atoms with Crippen LogP contribution >= 0.6 is 0 Å². The number of nitrogens with one attached hydrogen (secondary N) is 1. The van der Waals surface area contributed by atoms with E-state index in [2.05, 4.69) is 20.4 Å². The minimum absolute atomic E-state index is 0.163. The molecule has 0 spiro atoms. The normalized spacial score (nSPS) is 13.8. The number of carbonyl (C=O) groups excluding carboxylic acids is 1. The van der Waals surface area contributed by atoms with Gasteiger partial charge >= 0.3 is 0 Å². The van der Waals surface area contributed by atoms with Crippen molar-refractivity contribution in [1.82, 2.24) is 25.1 Å². The van der Waals surface area contributed by atoms with Gasteiger partial charge in [0.05, 0.1) is 36.1 Å². The smallest absolute Gasteiger partial charge is 0.289 e. The van der Waals surface area contributed by atoms with Gasteiger partial charge in [-0.1, -0.05) is 19.9 Å². The van der Waals surface area contributed by atoms with Crippen molar-refractivity contribution in [2.24, 2.45) is 0 Å². The molecule has 0 bridgehead atoms. The number of pyridine rings is 2. The van der Waals surface area contributed by atoms with Gasteiger partial charge in [0.1, 0.15) is 0 Å². The van der Waals surface area contributed by atoms with Crippen LogP contribution in [0.2, 0.25) is 0 Å². The van der Waals surface area contributed by atoms with E-state index in [4.69, 9.17) is 0 Å². The Morgan fingerprint density at radius 1 is 1.07 bits per heavy atom.